The van der Waals surface area contributed by atoms with E-state index in [1.54, 1.807) is 11.1 Å². The van der Waals surface area contributed by atoms with Crippen molar-refractivity contribution in [3.05, 3.63) is 11.1 Å². The van der Waals surface area contributed by atoms with Crippen LogP contribution in [0.15, 0.2) is 11.1 Å². The standard InChI is InChI=1S/C12H24/c1-6-11(4)12(5)9-7-8-10(2)3/h10H,6-9H2,1-5H3. The van der Waals surface area contributed by atoms with Crippen LogP contribution in [-0.4, -0.2) is 0 Å². The van der Waals surface area contributed by atoms with Crippen molar-refractivity contribution in [2.45, 2.75) is 60.3 Å². The van der Waals surface area contributed by atoms with Crippen molar-refractivity contribution < 1.29 is 0 Å². The van der Waals surface area contributed by atoms with E-state index in [0.29, 0.717) is 0 Å². The van der Waals surface area contributed by atoms with Crippen LogP contribution in [0.5, 0.6) is 0 Å². The Balaban J connectivity index is 3.63. The van der Waals surface area contributed by atoms with Gasteiger partial charge in [0.05, 0.1) is 0 Å². The first-order chi connectivity index (χ1) is 5.57. The van der Waals surface area contributed by atoms with Crippen LogP contribution in [-0.2, 0) is 0 Å². The second-order valence-electron chi connectivity index (χ2n) is 4.20. The summed E-state index contributed by atoms with van der Waals surface area (Å²) < 4.78 is 0. The summed E-state index contributed by atoms with van der Waals surface area (Å²) in [6.45, 7) is 11.4. The van der Waals surface area contributed by atoms with Crippen LogP contribution in [0.1, 0.15) is 60.3 Å². The highest BCUT2D eigenvalue weighted by atomic mass is 14.0. The molecule has 0 fully saturated rings. The van der Waals surface area contributed by atoms with E-state index in [-0.39, 0.29) is 0 Å². The van der Waals surface area contributed by atoms with Gasteiger partial charge >= 0.3 is 0 Å². The lowest BCUT2D eigenvalue weighted by molar-refractivity contribution is 0.553. The predicted octanol–water partition coefficient (Wildman–Crippen LogP) is 4.56. The minimum atomic E-state index is 0.861. The first kappa shape index (κ1) is 11.7. The molecule has 0 aliphatic carbocycles. The quantitative estimate of drug-likeness (QED) is 0.528. The van der Waals surface area contributed by atoms with Crippen LogP contribution in [0.2, 0.25) is 0 Å². The van der Waals surface area contributed by atoms with Gasteiger partial charge in [0.2, 0.25) is 0 Å². The van der Waals surface area contributed by atoms with Crippen molar-refractivity contribution in [3.63, 3.8) is 0 Å². The van der Waals surface area contributed by atoms with Crippen LogP contribution in [0.4, 0.5) is 0 Å². The molecule has 0 spiro atoms. The van der Waals surface area contributed by atoms with Gasteiger partial charge in [0.1, 0.15) is 0 Å². The Hall–Kier alpha value is -0.260. The van der Waals surface area contributed by atoms with Gasteiger partial charge in [0.25, 0.3) is 0 Å². The summed E-state index contributed by atoms with van der Waals surface area (Å²) in [6, 6.07) is 0. The number of hydrogen-bond donors (Lipinski definition) is 0. The third-order valence-corrected chi connectivity index (χ3v) is 2.59. The maximum atomic E-state index is 2.30. The summed E-state index contributed by atoms with van der Waals surface area (Å²) >= 11 is 0. The Morgan fingerprint density at radius 3 is 2.08 bits per heavy atom. The largest absolute Gasteiger partial charge is 0.0747 e. The van der Waals surface area contributed by atoms with Gasteiger partial charge in [-0.05, 0) is 39.0 Å². The molecule has 0 heterocycles. The van der Waals surface area contributed by atoms with Crippen LogP contribution < -0.4 is 0 Å². The molecule has 0 nitrogen and oxygen atoms in total. The Morgan fingerprint density at radius 1 is 1.08 bits per heavy atom. The van der Waals surface area contributed by atoms with Crippen molar-refractivity contribution in [1.29, 1.82) is 0 Å². The highest BCUT2D eigenvalue weighted by Crippen LogP contribution is 2.16. The summed E-state index contributed by atoms with van der Waals surface area (Å²) in [6.07, 6.45) is 5.25. The fraction of sp³-hybridized carbons (Fsp3) is 0.833. The van der Waals surface area contributed by atoms with E-state index in [9.17, 15) is 0 Å². The molecule has 72 valence electrons. The zero-order valence-corrected chi connectivity index (χ0v) is 9.41. The van der Waals surface area contributed by atoms with Gasteiger partial charge in [-0.3, -0.25) is 0 Å². The van der Waals surface area contributed by atoms with Crippen molar-refractivity contribution in [2.24, 2.45) is 5.92 Å². The third-order valence-electron chi connectivity index (χ3n) is 2.59. The van der Waals surface area contributed by atoms with E-state index < -0.39 is 0 Å². The average molecular weight is 168 g/mol. The highest BCUT2D eigenvalue weighted by molar-refractivity contribution is 5.08. The lowest BCUT2D eigenvalue weighted by Gasteiger charge is -2.07. The van der Waals surface area contributed by atoms with Gasteiger partial charge in [0.15, 0.2) is 0 Å². The van der Waals surface area contributed by atoms with E-state index >= 15 is 0 Å². The highest BCUT2D eigenvalue weighted by Gasteiger charge is 1.97. The van der Waals surface area contributed by atoms with E-state index in [1.807, 2.05) is 0 Å². The van der Waals surface area contributed by atoms with Gasteiger partial charge in [-0.15, -0.1) is 0 Å². The van der Waals surface area contributed by atoms with Crippen molar-refractivity contribution in [1.82, 2.24) is 0 Å². The Bertz CT molecular complexity index is 140. The smallest absolute Gasteiger partial charge is 0.0320 e. The first-order valence-corrected chi connectivity index (χ1v) is 5.23. The van der Waals surface area contributed by atoms with Crippen LogP contribution >= 0.6 is 0 Å². The molecule has 0 aromatic heterocycles. The summed E-state index contributed by atoms with van der Waals surface area (Å²) in [4.78, 5) is 0. The van der Waals surface area contributed by atoms with Crippen molar-refractivity contribution in [2.75, 3.05) is 0 Å². The van der Waals surface area contributed by atoms with Crippen LogP contribution in [0.25, 0.3) is 0 Å². The molecule has 0 aromatic carbocycles. The monoisotopic (exact) mass is 168 g/mol. The Kier molecular flexibility index (Phi) is 6.14. The maximum Gasteiger partial charge on any atom is -0.0320 e. The molecule has 0 aliphatic rings. The molecule has 0 saturated heterocycles. The van der Waals surface area contributed by atoms with Gasteiger partial charge in [-0.1, -0.05) is 38.3 Å². The van der Waals surface area contributed by atoms with E-state index in [2.05, 4.69) is 34.6 Å². The molecule has 0 saturated carbocycles. The second kappa shape index (κ2) is 6.28. The maximum absolute atomic E-state index is 2.30. The molecule has 0 amide bonds. The predicted molar refractivity (Wildman–Crippen MR) is 57.4 cm³/mol. The topological polar surface area (TPSA) is 0 Å². The lowest BCUT2D eigenvalue weighted by atomic mass is 10.00. The first-order valence-electron chi connectivity index (χ1n) is 5.23. The number of rotatable bonds is 5. The molecule has 0 atom stereocenters. The zero-order chi connectivity index (χ0) is 9.56. The summed E-state index contributed by atoms with van der Waals surface area (Å²) in [5, 5.41) is 0. The minimum Gasteiger partial charge on any atom is -0.0747 e. The summed E-state index contributed by atoms with van der Waals surface area (Å²) in [5.74, 6) is 0.861. The number of hydrogen-bond acceptors (Lipinski definition) is 0. The molecule has 0 bridgehead atoms. The normalized spacial score (nSPS) is 13.5. The molecule has 0 rings (SSSR count). The van der Waals surface area contributed by atoms with E-state index in [1.165, 1.54) is 25.7 Å². The molecule has 0 heteroatoms. The fourth-order valence-corrected chi connectivity index (χ4v) is 1.29. The van der Waals surface area contributed by atoms with Crippen LogP contribution in [0, 0.1) is 5.92 Å². The SMILES string of the molecule is CCC(C)=C(C)CCCC(C)C. The summed E-state index contributed by atoms with van der Waals surface area (Å²) in [7, 11) is 0. The van der Waals surface area contributed by atoms with Gasteiger partial charge in [-0.2, -0.15) is 0 Å². The van der Waals surface area contributed by atoms with Gasteiger partial charge in [0, 0.05) is 0 Å². The lowest BCUT2D eigenvalue weighted by Crippen LogP contribution is -1.89. The minimum absolute atomic E-state index is 0.861. The van der Waals surface area contributed by atoms with Crippen LogP contribution in [0.3, 0.4) is 0 Å². The molecule has 0 aromatic rings. The molecule has 0 unspecified atom stereocenters. The summed E-state index contributed by atoms with van der Waals surface area (Å²) in [5.41, 5.74) is 3.19. The average Bonchev–Trinajstić information content (AvgIpc) is 2.02. The fourth-order valence-electron chi connectivity index (χ4n) is 1.29. The van der Waals surface area contributed by atoms with E-state index in [4.69, 9.17) is 0 Å². The Labute approximate surface area is 78.1 Å². The van der Waals surface area contributed by atoms with E-state index in [0.717, 1.165) is 5.92 Å². The van der Waals surface area contributed by atoms with Gasteiger partial charge < -0.3 is 0 Å². The Morgan fingerprint density at radius 2 is 1.67 bits per heavy atom. The molecular weight excluding hydrogens is 144 g/mol. The second-order valence-corrected chi connectivity index (χ2v) is 4.20. The van der Waals surface area contributed by atoms with Crippen molar-refractivity contribution in [3.8, 4) is 0 Å². The number of allylic oxidation sites excluding steroid dienone is 2. The third kappa shape index (κ3) is 5.40. The zero-order valence-electron chi connectivity index (χ0n) is 9.41. The molecular formula is C12H24. The molecule has 0 aliphatic heterocycles. The van der Waals surface area contributed by atoms with Crippen molar-refractivity contribution >= 4 is 0 Å². The molecule has 0 N–H and O–H groups in total. The molecule has 12 heavy (non-hydrogen) atoms. The molecule has 0 radical (unpaired) electrons. The van der Waals surface area contributed by atoms with Gasteiger partial charge in [-0.25, -0.2) is 0 Å².